The molecule has 0 amide bonds. The van der Waals surface area contributed by atoms with Gasteiger partial charge in [0.05, 0.1) is 18.8 Å². The van der Waals surface area contributed by atoms with E-state index in [1.807, 2.05) is 0 Å². The van der Waals surface area contributed by atoms with Crippen LogP contribution in [0.15, 0.2) is 45.8 Å². The molecule has 0 saturated carbocycles. The Labute approximate surface area is 180 Å². The number of aromatic amines is 1. The number of anilines is 2. The van der Waals surface area contributed by atoms with Crippen LogP contribution in [0.5, 0.6) is 5.75 Å². The molecule has 0 aliphatic carbocycles. The maximum atomic E-state index is 12.8. The first-order valence-electron chi connectivity index (χ1n) is 9.83. The van der Waals surface area contributed by atoms with Gasteiger partial charge in [0.2, 0.25) is 0 Å². The topological polar surface area (TPSA) is 106 Å². The Hall–Kier alpha value is -3.38. The van der Waals surface area contributed by atoms with Gasteiger partial charge < -0.3 is 14.8 Å². The highest BCUT2D eigenvalue weighted by atomic mass is 19.4. The lowest BCUT2D eigenvalue weighted by atomic mass is 10.2. The maximum absolute atomic E-state index is 12.8. The van der Waals surface area contributed by atoms with Gasteiger partial charge in [0.1, 0.15) is 23.7 Å². The molecule has 0 unspecified atom stereocenters. The van der Waals surface area contributed by atoms with Gasteiger partial charge in [0, 0.05) is 31.5 Å². The summed E-state index contributed by atoms with van der Waals surface area (Å²) in [6.07, 6.45) is -2.95. The predicted molar refractivity (Wildman–Crippen MR) is 108 cm³/mol. The normalized spacial score (nSPS) is 15.0. The fraction of sp³-hybridized carbons (Fsp3) is 0.350. The van der Waals surface area contributed by atoms with Crippen LogP contribution in [0.4, 0.5) is 24.7 Å². The Morgan fingerprint density at radius 2 is 1.91 bits per heavy atom. The van der Waals surface area contributed by atoms with Crippen molar-refractivity contribution < 1.29 is 27.2 Å². The van der Waals surface area contributed by atoms with Crippen LogP contribution in [0.25, 0.3) is 11.4 Å². The van der Waals surface area contributed by atoms with Crippen molar-refractivity contribution >= 4 is 11.5 Å². The second-order valence-electron chi connectivity index (χ2n) is 6.98. The predicted octanol–water partition coefficient (Wildman–Crippen LogP) is 2.90. The third-order valence-electron chi connectivity index (χ3n) is 4.83. The monoisotopic (exact) mass is 451 g/mol. The van der Waals surface area contributed by atoms with E-state index in [4.69, 9.17) is 9.47 Å². The van der Waals surface area contributed by atoms with Crippen LogP contribution in [0.3, 0.4) is 0 Å². The van der Waals surface area contributed by atoms with Gasteiger partial charge in [0.15, 0.2) is 5.82 Å². The third-order valence-corrected chi connectivity index (χ3v) is 4.83. The first kappa shape index (κ1) is 21.8. The van der Waals surface area contributed by atoms with E-state index in [0.717, 1.165) is 25.2 Å². The number of rotatable bonds is 7. The molecular weight excluding hydrogens is 431 g/mol. The zero-order chi connectivity index (χ0) is 22.6. The first-order chi connectivity index (χ1) is 15.4. The number of morpholine rings is 1. The average molecular weight is 451 g/mol. The molecule has 3 heterocycles. The Morgan fingerprint density at radius 3 is 2.56 bits per heavy atom. The van der Waals surface area contributed by atoms with Crippen molar-refractivity contribution in [3.05, 3.63) is 52.6 Å². The molecule has 3 aromatic rings. The zero-order valence-electron chi connectivity index (χ0n) is 16.8. The van der Waals surface area contributed by atoms with Gasteiger partial charge in [-0.05, 0) is 30.3 Å². The van der Waals surface area contributed by atoms with Crippen molar-refractivity contribution in [1.29, 1.82) is 0 Å². The summed E-state index contributed by atoms with van der Waals surface area (Å²) in [5, 5.41) is 6.66. The highest BCUT2D eigenvalue weighted by Crippen LogP contribution is 2.35. The quantitative estimate of drug-likeness (QED) is 0.565. The van der Waals surface area contributed by atoms with Crippen LogP contribution < -0.4 is 15.8 Å². The van der Waals surface area contributed by atoms with E-state index in [1.54, 1.807) is 6.07 Å². The second-order valence-corrected chi connectivity index (χ2v) is 6.98. The van der Waals surface area contributed by atoms with Gasteiger partial charge in [-0.25, -0.2) is 9.78 Å². The summed E-state index contributed by atoms with van der Waals surface area (Å²) in [4.78, 5) is 20.4. The molecule has 9 nitrogen and oxygen atoms in total. The Kier molecular flexibility index (Phi) is 6.42. The van der Waals surface area contributed by atoms with Crippen LogP contribution in [0.1, 0.15) is 5.56 Å². The summed E-state index contributed by atoms with van der Waals surface area (Å²) >= 11 is 0. The number of H-pyrrole nitrogens is 1. The largest absolute Gasteiger partial charge is 0.491 e. The average Bonchev–Trinajstić information content (AvgIpc) is 3.20. The van der Waals surface area contributed by atoms with Gasteiger partial charge in [0.25, 0.3) is 0 Å². The number of halogens is 3. The maximum Gasteiger partial charge on any atom is 0.439 e. The first-order valence-corrected chi connectivity index (χ1v) is 9.83. The molecule has 1 aliphatic rings. The highest BCUT2D eigenvalue weighted by Gasteiger charge is 2.30. The standard InChI is InChI=1S/C20H20F3N5O4/c21-20(22,23)13-1-3-14(4-2-13)25-17-16(18-26-19(29)32-27-18)15(5-6-24-17)31-12-9-28-7-10-30-11-8-28/h1-6H,7-12H2,(H,24,25)(H,26,27,29). The van der Waals surface area contributed by atoms with Gasteiger partial charge in [-0.15, -0.1) is 0 Å². The van der Waals surface area contributed by atoms with E-state index < -0.39 is 17.5 Å². The van der Waals surface area contributed by atoms with Crippen molar-refractivity contribution in [3.8, 4) is 17.1 Å². The summed E-state index contributed by atoms with van der Waals surface area (Å²) in [6.45, 7) is 3.98. The summed E-state index contributed by atoms with van der Waals surface area (Å²) < 4.78 is 54.4. The fourth-order valence-corrected chi connectivity index (χ4v) is 3.21. The highest BCUT2D eigenvalue weighted by molar-refractivity contribution is 5.79. The molecular formula is C20H20F3N5O4. The van der Waals surface area contributed by atoms with E-state index in [9.17, 15) is 18.0 Å². The van der Waals surface area contributed by atoms with E-state index in [1.165, 1.54) is 18.3 Å². The summed E-state index contributed by atoms with van der Waals surface area (Å²) in [6, 6.07) is 6.10. The minimum absolute atomic E-state index is 0.0823. The Balaban J connectivity index is 1.57. The lowest BCUT2D eigenvalue weighted by molar-refractivity contribution is -0.137. The van der Waals surface area contributed by atoms with Crippen molar-refractivity contribution in [2.75, 3.05) is 44.8 Å². The molecule has 1 aromatic carbocycles. The number of ether oxygens (including phenoxy) is 2. The van der Waals surface area contributed by atoms with E-state index in [0.29, 0.717) is 43.4 Å². The fourth-order valence-electron chi connectivity index (χ4n) is 3.21. The number of alkyl halides is 3. The van der Waals surface area contributed by atoms with Crippen molar-refractivity contribution in [3.63, 3.8) is 0 Å². The van der Waals surface area contributed by atoms with Gasteiger partial charge in [-0.3, -0.25) is 14.4 Å². The Bertz CT molecular complexity index is 1090. The molecule has 12 heteroatoms. The summed E-state index contributed by atoms with van der Waals surface area (Å²) in [7, 11) is 0. The summed E-state index contributed by atoms with van der Waals surface area (Å²) in [5.41, 5.74) is -0.0828. The number of hydrogen-bond donors (Lipinski definition) is 2. The minimum atomic E-state index is -4.43. The van der Waals surface area contributed by atoms with Crippen LogP contribution >= 0.6 is 0 Å². The van der Waals surface area contributed by atoms with Crippen molar-refractivity contribution in [2.24, 2.45) is 0 Å². The molecule has 0 spiro atoms. The molecule has 1 aliphatic heterocycles. The van der Waals surface area contributed by atoms with Gasteiger partial charge >= 0.3 is 11.9 Å². The lowest BCUT2D eigenvalue weighted by Crippen LogP contribution is -2.38. The van der Waals surface area contributed by atoms with Gasteiger partial charge in [-0.2, -0.15) is 13.2 Å². The number of hydrogen-bond acceptors (Lipinski definition) is 8. The van der Waals surface area contributed by atoms with Crippen LogP contribution in [-0.2, 0) is 10.9 Å². The van der Waals surface area contributed by atoms with Crippen molar-refractivity contribution in [2.45, 2.75) is 6.18 Å². The number of aromatic nitrogens is 3. The van der Waals surface area contributed by atoms with E-state index in [2.05, 4.69) is 29.9 Å². The van der Waals surface area contributed by atoms with Gasteiger partial charge in [-0.1, -0.05) is 5.16 Å². The minimum Gasteiger partial charge on any atom is -0.491 e. The molecule has 0 atom stereocenters. The molecule has 32 heavy (non-hydrogen) atoms. The molecule has 0 radical (unpaired) electrons. The number of nitrogens with zero attached hydrogens (tertiary/aromatic N) is 3. The number of pyridine rings is 1. The van der Waals surface area contributed by atoms with E-state index in [-0.39, 0.29) is 11.6 Å². The molecule has 1 fully saturated rings. The van der Waals surface area contributed by atoms with E-state index >= 15 is 0 Å². The van der Waals surface area contributed by atoms with Crippen LogP contribution in [0.2, 0.25) is 0 Å². The lowest BCUT2D eigenvalue weighted by Gasteiger charge is -2.26. The summed E-state index contributed by atoms with van der Waals surface area (Å²) in [5.74, 6) is -0.0621. The molecule has 2 N–H and O–H groups in total. The van der Waals surface area contributed by atoms with Crippen molar-refractivity contribution in [1.82, 2.24) is 20.0 Å². The zero-order valence-corrected chi connectivity index (χ0v) is 16.8. The Morgan fingerprint density at radius 1 is 1.16 bits per heavy atom. The molecule has 4 rings (SSSR count). The SMILES string of the molecule is O=c1[nH]c(-c2c(OCCN3CCOCC3)ccnc2Nc2ccc(C(F)(F)F)cc2)no1. The number of benzene rings is 1. The van der Waals surface area contributed by atoms with Crippen LogP contribution in [0, 0.1) is 0 Å². The molecule has 170 valence electrons. The molecule has 2 aromatic heterocycles. The number of nitrogens with one attached hydrogen (secondary N) is 2. The molecule has 0 bridgehead atoms. The third kappa shape index (κ3) is 5.26. The smallest absolute Gasteiger partial charge is 0.439 e. The second kappa shape index (κ2) is 9.40. The molecule has 1 saturated heterocycles. The van der Waals surface area contributed by atoms with Crippen LogP contribution in [-0.4, -0.2) is 59.5 Å².